The van der Waals surface area contributed by atoms with Crippen LogP contribution in [-0.2, 0) is 18.3 Å². The molecule has 0 saturated carbocycles. The summed E-state index contributed by atoms with van der Waals surface area (Å²) in [6, 6.07) is 0. The van der Waals surface area contributed by atoms with E-state index in [-0.39, 0.29) is 0 Å². The van der Waals surface area contributed by atoms with Gasteiger partial charge in [0, 0.05) is 32.2 Å². The van der Waals surface area contributed by atoms with Crippen molar-refractivity contribution in [1.82, 2.24) is 15.1 Å². The van der Waals surface area contributed by atoms with Crippen molar-refractivity contribution in [2.75, 3.05) is 24.5 Å². The van der Waals surface area contributed by atoms with Crippen LogP contribution in [0.3, 0.4) is 0 Å². The largest absolute Gasteiger partial charge is 0.371 e. The fourth-order valence-electron chi connectivity index (χ4n) is 3.47. The Morgan fingerprint density at radius 2 is 2.00 bits per heavy atom. The van der Waals surface area contributed by atoms with Gasteiger partial charge >= 0.3 is 0 Å². The van der Waals surface area contributed by atoms with E-state index in [2.05, 4.69) is 36.2 Å². The molecule has 2 fully saturated rings. The van der Waals surface area contributed by atoms with E-state index in [0.29, 0.717) is 12.2 Å². The number of hydrogen-bond acceptors (Lipinski definition) is 4. The summed E-state index contributed by atoms with van der Waals surface area (Å²) in [6.45, 7) is 8.30. The molecule has 2 aliphatic heterocycles. The van der Waals surface area contributed by atoms with E-state index in [4.69, 9.17) is 4.74 Å². The van der Waals surface area contributed by atoms with Crippen LogP contribution in [0.5, 0.6) is 0 Å². The van der Waals surface area contributed by atoms with E-state index >= 15 is 0 Å². The Morgan fingerprint density at radius 3 is 2.65 bits per heavy atom. The molecule has 2 bridgehead atoms. The van der Waals surface area contributed by atoms with Crippen molar-refractivity contribution < 1.29 is 4.74 Å². The first-order chi connectivity index (χ1) is 9.69. The monoisotopic (exact) mass is 278 g/mol. The molecule has 20 heavy (non-hydrogen) atoms. The second-order valence-electron chi connectivity index (χ2n) is 6.05. The Balaban J connectivity index is 1.80. The quantitative estimate of drug-likeness (QED) is 0.831. The number of aromatic nitrogens is 2. The number of hydrogen-bond donors (Lipinski definition) is 1. The number of morpholine rings is 1. The number of aryl methyl sites for hydroxylation is 2. The van der Waals surface area contributed by atoms with Gasteiger partial charge in [-0.15, -0.1) is 0 Å². The number of fused-ring (bicyclic) bond motifs is 2. The standard InChI is InChI=1S/C15H26N4O/c1-4-7-16-8-14-11(2)17-18(3)15(14)19-9-12-5-6-13(10-19)20-12/h12-13,16H,4-10H2,1-3H3. The first-order valence-corrected chi connectivity index (χ1v) is 7.82. The van der Waals surface area contributed by atoms with E-state index < -0.39 is 0 Å². The molecule has 112 valence electrons. The highest BCUT2D eigenvalue weighted by molar-refractivity contribution is 5.51. The van der Waals surface area contributed by atoms with Crippen LogP contribution in [0.15, 0.2) is 0 Å². The molecule has 0 aromatic carbocycles. The van der Waals surface area contributed by atoms with Crippen molar-refractivity contribution in [2.45, 2.75) is 51.9 Å². The molecular weight excluding hydrogens is 252 g/mol. The van der Waals surface area contributed by atoms with Crippen LogP contribution in [0.2, 0.25) is 0 Å². The molecular formula is C15H26N4O. The van der Waals surface area contributed by atoms with Gasteiger partial charge < -0.3 is 15.0 Å². The van der Waals surface area contributed by atoms with Gasteiger partial charge in [-0.3, -0.25) is 4.68 Å². The molecule has 1 N–H and O–H groups in total. The molecule has 2 saturated heterocycles. The summed E-state index contributed by atoms with van der Waals surface area (Å²) in [4.78, 5) is 2.48. The van der Waals surface area contributed by atoms with Crippen molar-refractivity contribution in [3.63, 3.8) is 0 Å². The van der Waals surface area contributed by atoms with Crippen molar-refractivity contribution in [3.05, 3.63) is 11.3 Å². The Labute approximate surface area is 121 Å². The fourth-order valence-corrected chi connectivity index (χ4v) is 3.47. The predicted octanol–water partition coefficient (Wildman–Crippen LogP) is 1.60. The predicted molar refractivity (Wildman–Crippen MR) is 80.1 cm³/mol. The van der Waals surface area contributed by atoms with Crippen molar-refractivity contribution in [2.24, 2.45) is 7.05 Å². The summed E-state index contributed by atoms with van der Waals surface area (Å²) in [5, 5.41) is 8.14. The summed E-state index contributed by atoms with van der Waals surface area (Å²) in [7, 11) is 2.06. The second-order valence-corrected chi connectivity index (χ2v) is 6.05. The van der Waals surface area contributed by atoms with Gasteiger partial charge in [-0.05, 0) is 32.7 Å². The van der Waals surface area contributed by atoms with Crippen LogP contribution in [-0.4, -0.2) is 41.6 Å². The van der Waals surface area contributed by atoms with Crippen molar-refractivity contribution in [3.8, 4) is 0 Å². The van der Waals surface area contributed by atoms with Gasteiger partial charge in [0.25, 0.3) is 0 Å². The van der Waals surface area contributed by atoms with Crippen LogP contribution >= 0.6 is 0 Å². The molecule has 2 aliphatic rings. The highest BCUT2D eigenvalue weighted by Gasteiger charge is 2.35. The van der Waals surface area contributed by atoms with Gasteiger partial charge in [0.05, 0.1) is 17.9 Å². The smallest absolute Gasteiger partial charge is 0.131 e. The Hall–Kier alpha value is -1.07. The maximum Gasteiger partial charge on any atom is 0.131 e. The zero-order valence-corrected chi connectivity index (χ0v) is 12.9. The molecule has 3 rings (SSSR count). The van der Waals surface area contributed by atoms with Crippen molar-refractivity contribution in [1.29, 1.82) is 0 Å². The maximum absolute atomic E-state index is 5.95. The first-order valence-electron chi connectivity index (χ1n) is 7.82. The number of ether oxygens (including phenoxy) is 1. The molecule has 5 nitrogen and oxygen atoms in total. The average Bonchev–Trinajstić information content (AvgIpc) is 2.90. The lowest BCUT2D eigenvalue weighted by molar-refractivity contribution is 0.0299. The molecule has 5 heteroatoms. The zero-order valence-electron chi connectivity index (χ0n) is 12.9. The van der Waals surface area contributed by atoms with Crippen molar-refractivity contribution >= 4 is 5.82 Å². The van der Waals surface area contributed by atoms with Gasteiger partial charge in [-0.25, -0.2) is 0 Å². The minimum atomic E-state index is 0.417. The normalized spacial score (nSPS) is 25.4. The van der Waals surface area contributed by atoms with Crippen LogP contribution in [0.25, 0.3) is 0 Å². The van der Waals surface area contributed by atoms with Crippen LogP contribution in [0, 0.1) is 6.92 Å². The maximum atomic E-state index is 5.95. The third-order valence-electron chi connectivity index (χ3n) is 4.38. The number of nitrogens with zero attached hydrogens (tertiary/aromatic N) is 3. The number of rotatable bonds is 5. The summed E-state index contributed by atoms with van der Waals surface area (Å²) < 4.78 is 7.99. The van der Waals surface area contributed by atoms with E-state index in [1.807, 2.05) is 4.68 Å². The van der Waals surface area contributed by atoms with Gasteiger partial charge in [0.1, 0.15) is 5.82 Å². The molecule has 0 radical (unpaired) electrons. The summed E-state index contributed by atoms with van der Waals surface area (Å²) in [5.74, 6) is 1.28. The topological polar surface area (TPSA) is 42.3 Å². The Kier molecular flexibility index (Phi) is 3.98. The average molecular weight is 278 g/mol. The lowest BCUT2D eigenvalue weighted by Gasteiger charge is -2.34. The van der Waals surface area contributed by atoms with Gasteiger partial charge in [-0.2, -0.15) is 5.10 Å². The zero-order chi connectivity index (χ0) is 14.1. The Morgan fingerprint density at radius 1 is 1.30 bits per heavy atom. The lowest BCUT2D eigenvalue weighted by atomic mass is 10.2. The van der Waals surface area contributed by atoms with Gasteiger partial charge in [0.2, 0.25) is 0 Å². The molecule has 0 spiro atoms. The van der Waals surface area contributed by atoms with Gasteiger partial charge in [-0.1, -0.05) is 6.92 Å². The summed E-state index contributed by atoms with van der Waals surface area (Å²) in [5.41, 5.74) is 2.49. The molecule has 0 aliphatic carbocycles. The third kappa shape index (κ3) is 2.56. The van der Waals surface area contributed by atoms with Crippen LogP contribution < -0.4 is 10.2 Å². The van der Waals surface area contributed by atoms with E-state index in [9.17, 15) is 0 Å². The molecule has 3 heterocycles. The lowest BCUT2D eigenvalue weighted by Crippen LogP contribution is -2.44. The Bertz CT molecular complexity index is 459. The third-order valence-corrected chi connectivity index (χ3v) is 4.38. The van der Waals surface area contributed by atoms with E-state index in [0.717, 1.165) is 38.3 Å². The molecule has 1 aromatic heterocycles. The van der Waals surface area contributed by atoms with E-state index in [1.165, 1.54) is 24.2 Å². The van der Waals surface area contributed by atoms with Crippen LogP contribution in [0.1, 0.15) is 37.4 Å². The molecule has 1 aromatic rings. The SMILES string of the molecule is CCCNCc1c(C)nn(C)c1N1CC2CCC(C1)O2. The molecule has 0 amide bonds. The highest BCUT2D eigenvalue weighted by atomic mass is 16.5. The first kappa shape index (κ1) is 13.9. The summed E-state index contributed by atoms with van der Waals surface area (Å²) in [6.07, 6.45) is 4.42. The fraction of sp³-hybridized carbons (Fsp3) is 0.800. The second kappa shape index (κ2) is 5.74. The number of nitrogens with one attached hydrogen (secondary N) is 1. The minimum absolute atomic E-state index is 0.417. The van der Waals surface area contributed by atoms with E-state index in [1.54, 1.807) is 0 Å². The number of anilines is 1. The van der Waals surface area contributed by atoms with Crippen LogP contribution in [0.4, 0.5) is 5.82 Å². The molecule has 2 atom stereocenters. The van der Waals surface area contributed by atoms with Gasteiger partial charge in [0.15, 0.2) is 0 Å². The highest BCUT2D eigenvalue weighted by Crippen LogP contribution is 2.32. The minimum Gasteiger partial charge on any atom is -0.371 e. The summed E-state index contributed by atoms with van der Waals surface area (Å²) >= 11 is 0. The molecule has 2 unspecified atom stereocenters.